The first-order chi connectivity index (χ1) is 8.84. The zero-order valence-electron chi connectivity index (χ0n) is 9.48. The maximum Gasteiger partial charge on any atom is 0.197 e. The largest absolute Gasteiger partial charge is 0.288 e. The van der Waals surface area contributed by atoms with E-state index >= 15 is 0 Å². The first kappa shape index (κ1) is 10.9. The summed E-state index contributed by atoms with van der Waals surface area (Å²) in [6.45, 7) is 0. The minimum Gasteiger partial charge on any atom is -0.288 e. The Hall–Kier alpha value is -2.20. The molecule has 1 aromatic carbocycles. The van der Waals surface area contributed by atoms with Gasteiger partial charge in [-0.05, 0) is 23.6 Å². The number of carbonyl (C=O) groups excluding carboxylic acids is 1. The summed E-state index contributed by atoms with van der Waals surface area (Å²) in [6.07, 6.45) is 3.36. The second-order valence-corrected chi connectivity index (χ2v) is 4.63. The third-order valence-corrected chi connectivity index (χ3v) is 3.33. The molecule has 18 heavy (non-hydrogen) atoms. The fourth-order valence-corrected chi connectivity index (χ4v) is 2.36. The van der Waals surface area contributed by atoms with E-state index < -0.39 is 0 Å². The molecule has 2 aromatic heterocycles. The minimum atomic E-state index is 0.0124. The Balaban J connectivity index is 1.93. The summed E-state index contributed by atoms with van der Waals surface area (Å²) in [6, 6.07) is 11.6. The highest BCUT2D eigenvalue weighted by atomic mass is 32.1. The molecular weight excluding hydrogens is 244 g/mol. The number of carbonyl (C=O) groups is 1. The molecular formula is C14H10N2OS. The van der Waals surface area contributed by atoms with Crippen molar-refractivity contribution in [2.75, 3.05) is 0 Å². The number of para-hydroxylation sites is 1. The van der Waals surface area contributed by atoms with Gasteiger partial charge in [0.2, 0.25) is 0 Å². The molecule has 3 aromatic rings. The number of rotatable bonds is 3. The van der Waals surface area contributed by atoms with Gasteiger partial charge in [-0.3, -0.25) is 4.79 Å². The SMILES string of the molecule is O=C(c1ccsc1)c1cnn(-c2ccccc2)c1. The Kier molecular flexibility index (Phi) is 2.78. The van der Waals surface area contributed by atoms with Gasteiger partial charge in [-0.1, -0.05) is 18.2 Å². The lowest BCUT2D eigenvalue weighted by molar-refractivity contribution is 0.103. The average molecular weight is 254 g/mol. The molecule has 0 atom stereocenters. The smallest absolute Gasteiger partial charge is 0.197 e. The predicted molar refractivity (Wildman–Crippen MR) is 71.3 cm³/mol. The zero-order chi connectivity index (χ0) is 12.4. The second-order valence-electron chi connectivity index (χ2n) is 3.85. The molecule has 2 heterocycles. The fraction of sp³-hybridized carbons (Fsp3) is 0. The van der Waals surface area contributed by atoms with Crippen molar-refractivity contribution in [1.82, 2.24) is 9.78 Å². The van der Waals surface area contributed by atoms with Crippen LogP contribution in [0.25, 0.3) is 5.69 Å². The van der Waals surface area contributed by atoms with Crippen LogP contribution in [0.3, 0.4) is 0 Å². The molecule has 0 bridgehead atoms. The lowest BCUT2D eigenvalue weighted by Gasteiger charge is -1.98. The van der Waals surface area contributed by atoms with E-state index in [1.165, 1.54) is 11.3 Å². The monoisotopic (exact) mass is 254 g/mol. The average Bonchev–Trinajstić information content (AvgIpc) is 3.10. The van der Waals surface area contributed by atoms with Crippen LogP contribution in [0, 0.1) is 0 Å². The number of ketones is 1. The Morgan fingerprint density at radius 1 is 1.11 bits per heavy atom. The van der Waals surface area contributed by atoms with E-state index in [4.69, 9.17) is 0 Å². The molecule has 0 spiro atoms. The highest BCUT2D eigenvalue weighted by molar-refractivity contribution is 7.08. The molecule has 0 amide bonds. The molecule has 0 aliphatic rings. The van der Waals surface area contributed by atoms with Gasteiger partial charge < -0.3 is 0 Å². The third-order valence-electron chi connectivity index (χ3n) is 2.65. The van der Waals surface area contributed by atoms with Crippen molar-refractivity contribution in [3.8, 4) is 5.69 Å². The van der Waals surface area contributed by atoms with Gasteiger partial charge in [-0.2, -0.15) is 16.4 Å². The van der Waals surface area contributed by atoms with Crippen LogP contribution in [-0.4, -0.2) is 15.6 Å². The van der Waals surface area contributed by atoms with Crippen LogP contribution in [-0.2, 0) is 0 Å². The van der Waals surface area contributed by atoms with E-state index in [2.05, 4.69) is 5.10 Å². The Bertz CT molecular complexity index is 656. The van der Waals surface area contributed by atoms with Gasteiger partial charge in [0.25, 0.3) is 0 Å². The molecule has 0 fully saturated rings. The summed E-state index contributed by atoms with van der Waals surface area (Å²) in [5, 5.41) is 7.96. The van der Waals surface area contributed by atoms with E-state index in [9.17, 15) is 4.79 Å². The number of aromatic nitrogens is 2. The van der Waals surface area contributed by atoms with Crippen molar-refractivity contribution in [2.24, 2.45) is 0 Å². The topological polar surface area (TPSA) is 34.9 Å². The molecule has 0 saturated heterocycles. The van der Waals surface area contributed by atoms with Gasteiger partial charge in [0.1, 0.15) is 0 Å². The van der Waals surface area contributed by atoms with Crippen LogP contribution in [0.1, 0.15) is 15.9 Å². The quantitative estimate of drug-likeness (QED) is 0.673. The maximum atomic E-state index is 12.1. The van der Waals surface area contributed by atoms with Crippen LogP contribution in [0.5, 0.6) is 0 Å². The molecule has 0 unspecified atom stereocenters. The van der Waals surface area contributed by atoms with Gasteiger partial charge >= 0.3 is 0 Å². The van der Waals surface area contributed by atoms with E-state index in [-0.39, 0.29) is 5.78 Å². The summed E-state index contributed by atoms with van der Waals surface area (Å²) in [4.78, 5) is 12.1. The van der Waals surface area contributed by atoms with Crippen LogP contribution in [0.2, 0.25) is 0 Å². The van der Waals surface area contributed by atoms with Crippen molar-refractivity contribution in [1.29, 1.82) is 0 Å². The predicted octanol–water partition coefficient (Wildman–Crippen LogP) is 3.16. The van der Waals surface area contributed by atoms with E-state index in [0.717, 1.165) is 5.69 Å². The maximum absolute atomic E-state index is 12.1. The van der Waals surface area contributed by atoms with Crippen molar-refractivity contribution in [3.05, 3.63) is 70.7 Å². The Morgan fingerprint density at radius 3 is 2.67 bits per heavy atom. The number of hydrogen-bond acceptors (Lipinski definition) is 3. The van der Waals surface area contributed by atoms with Crippen molar-refractivity contribution in [2.45, 2.75) is 0 Å². The molecule has 0 saturated carbocycles. The molecule has 0 aliphatic heterocycles. The number of thiophene rings is 1. The van der Waals surface area contributed by atoms with Gasteiger partial charge in [0.05, 0.1) is 17.4 Å². The Morgan fingerprint density at radius 2 is 1.94 bits per heavy atom. The molecule has 88 valence electrons. The van der Waals surface area contributed by atoms with Crippen molar-refractivity contribution >= 4 is 17.1 Å². The van der Waals surface area contributed by atoms with Gasteiger partial charge in [0.15, 0.2) is 5.78 Å². The second kappa shape index (κ2) is 4.58. The highest BCUT2D eigenvalue weighted by Gasteiger charge is 2.11. The van der Waals surface area contributed by atoms with E-state index in [0.29, 0.717) is 11.1 Å². The van der Waals surface area contributed by atoms with E-state index in [1.807, 2.05) is 47.2 Å². The lowest BCUT2D eigenvalue weighted by atomic mass is 10.1. The molecule has 0 radical (unpaired) electrons. The zero-order valence-corrected chi connectivity index (χ0v) is 10.3. The third kappa shape index (κ3) is 1.98. The van der Waals surface area contributed by atoms with E-state index in [1.54, 1.807) is 17.1 Å². The van der Waals surface area contributed by atoms with Gasteiger partial charge in [-0.25, -0.2) is 4.68 Å². The van der Waals surface area contributed by atoms with Crippen LogP contribution in [0.15, 0.2) is 59.6 Å². The minimum absolute atomic E-state index is 0.0124. The van der Waals surface area contributed by atoms with Crippen LogP contribution >= 0.6 is 11.3 Å². The number of benzene rings is 1. The molecule has 0 N–H and O–H groups in total. The Labute approximate surface area is 108 Å². The lowest BCUT2D eigenvalue weighted by Crippen LogP contribution is -1.98. The van der Waals surface area contributed by atoms with Crippen LogP contribution < -0.4 is 0 Å². The summed E-state index contributed by atoms with van der Waals surface area (Å²) in [7, 11) is 0. The van der Waals surface area contributed by atoms with Crippen LogP contribution in [0.4, 0.5) is 0 Å². The highest BCUT2D eigenvalue weighted by Crippen LogP contribution is 2.14. The number of nitrogens with zero attached hydrogens (tertiary/aromatic N) is 2. The number of hydrogen-bond donors (Lipinski definition) is 0. The van der Waals surface area contributed by atoms with Gasteiger partial charge in [0, 0.05) is 17.1 Å². The standard InChI is InChI=1S/C14H10N2OS/c17-14(11-6-7-18-10-11)12-8-15-16(9-12)13-4-2-1-3-5-13/h1-10H. The van der Waals surface area contributed by atoms with Crippen molar-refractivity contribution in [3.63, 3.8) is 0 Å². The summed E-state index contributed by atoms with van der Waals surface area (Å²) >= 11 is 1.52. The normalized spacial score (nSPS) is 10.4. The first-order valence-corrected chi connectivity index (χ1v) is 6.46. The summed E-state index contributed by atoms with van der Waals surface area (Å²) < 4.78 is 1.71. The fourth-order valence-electron chi connectivity index (χ4n) is 1.72. The molecule has 3 rings (SSSR count). The summed E-state index contributed by atoms with van der Waals surface area (Å²) in [5.41, 5.74) is 2.27. The summed E-state index contributed by atoms with van der Waals surface area (Å²) in [5.74, 6) is 0.0124. The first-order valence-electron chi connectivity index (χ1n) is 5.51. The van der Waals surface area contributed by atoms with Crippen molar-refractivity contribution < 1.29 is 4.79 Å². The molecule has 0 aliphatic carbocycles. The molecule has 3 nitrogen and oxygen atoms in total. The molecule has 4 heteroatoms. The van der Waals surface area contributed by atoms with Gasteiger partial charge in [-0.15, -0.1) is 0 Å².